The van der Waals surface area contributed by atoms with E-state index in [1.165, 1.54) is 0 Å². The molecule has 0 aliphatic heterocycles. The van der Waals surface area contributed by atoms with Crippen LogP contribution < -0.4 is 11.5 Å². The molecule has 0 atom stereocenters. The van der Waals surface area contributed by atoms with Gasteiger partial charge >= 0.3 is 0 Å². The van der Waals surface area contributed by atoms with E-state index in [-0.39, 0.29) is 23.8 Å². The number of ketones is 2. The van der Waals surface area contributed by atoms with Crippen molar-refractivity contribution in [3.05, 3.63) is 65.2 Å². The molecule has 2 rings (SSSR count). The highest BCUT2D eigenvalue weighted by atomic mass is 16.1. The summed E-state index contributed by atoms with van der Waals surface area (Å²) in [6.07, 6.45) is 0. The van der Waals surface area contributed by atoms with E-state index in [9.17, 15) is 9.59 Å². The van der Waals surface area contributed by atoms with Gasteiger partial charge in [-0.15, -0.1) is 0 Å². The number of benzene rings is 2. The lowest BCUT2D eigenvalue weighted by molar-refractivity contribution is 0.100. The zero-order valence-corrected chi connectivity index (χ0v) is 10.3. The third-order valence-corrected chi connectivity index (χ3v) is 2.87. The Morgan fingerprint density at radius 3 is 2.16 bits per heavy atom. The second kappa shape index (κ2) is 5.46. The standard InChI is InChI=1S/C15H14N2O2/c16-9-13(18)11-7-4-8-12(14(11)17)15(19)10-5-2-1-3-6-10/h1-8H,9,16-17H2. The quantitative estimate of drug-likeness (QED) is 0.641. The highest BCUT2D eigenvalue weighted by Gasteiger charge is 2.16. The molecule has 0 bridgehead atoms. The van der Waals surface area contributed by atoms with Gasteiger partial charge in [0.1, 0.15) is 0 Å². The molecule has 4 heteroatoms. The van der Waals surface area contributed by atoms with Gasteiger partial charge in [0.2, 0.25) is 0 Å². The Balaban J connectivity index is 2.47. The molecular weight excluding hydrogens is 240 g/mol. The summed E-state index contributed by atoms with van der Waals surface area (Å²) < 4.78 is 0. The summed E-state index contributed by atoms with van der Waals surface area (Å²) in [5, 5.41) is 0. The monoisotopic (exact) mass is 254 g/mol. The van der Waals surface area contributed by atoms with Gasteiger partial charge in [-0.05, 0) is 12.1 Å². The van der Waals surface area contributed by atoms with Crippen molar-refractivity contribution < 1.29 is 9.59 Å². The summed E-state index contributed by atoms with van der Waals surface area (Å²) in [5.74, 6) is -0.481. The average molecular weight is 254 g/mol. The maximum atomic E-state index is 12.3. The molecule has 19 heavy (non-hydrogen) atoms. The minimum Gasteiger partial charge on any atom is -0.398 e. The van der Waals surface area contributed by atoms with Gasteiger partial charge in [0.25, 0.3) is 0 Å². The highest BCUT2D eigenvalue weighted by molar-refractivity contribution is 6.15. The largest absolute Gasteiger partial charge is 0.398 e. The second-order valence-corrected chi connectivity index (χ2v) is 4.09. The summed E-state index contributed by atoms with van der Waals surface area (Å²) in [6, 6.07) is 13.6. The van der Waals surface area contributed by atoms with Crippen LogP contribution in [0.2, 0.25) is 0 Å². The predicted molar refractivity (Wildman–Crippen MR) is 74.1 cm³/mol. The van der Waals surface area contributed by atoms with E-state index in [0.717, 1.165) is 0 Å². The lowest BCUT2D eigenvalue weighted by Crippen LogP contribution is -2.17. The number of nitrogen functional groups attached to an aromatic ring is 1. The minimum absolute atomic E-state index is 0.132. The number of carbonyl (C=O) groups is 2. The van der Waals surface area contributed by atoms with Crippen molar-refractivity contribution in [3.63, 3.8) is 0 Å². The van der Waals surface area contributed by atoms with Crippen LogP contribution in [0, 0.1) is 0 Å². The van der Waals surface area contributed by atoms with Crippen LogP contribution in [0.1, 0.15) is 26.3 Å². The highest BCUT2D eigenvalue weighted by Crippen LogP contribution is 2.21. The summed E-state index contributed by atoms with van der Waals surface area (Å²) in [6.45, 7) is -0.132. The van der Waals surface area contributed by atoms with Crippen LogP contribution in [0.25, 0.3) is 0 Å². The molecule has 0 aromatic heterocycles. The average Bonchev–Trinajstić information content (AvgIpc) is 2.47. The van der Waals surface area contributed by atoms with Crippen molar-refractivity contribution in [3.8, 4) is 0 Å². The molecule has 0 unspecified atom stereocenters. The first kappa shape index (κ1) is 13.0. The second-order valence-electron chi connectivity index (χ2n) is 4.09. The molecule has 0 radical (unpaired) electrons. The molecule has 96 valence electrons. The van der Waals surface area contributed by atoms with Gasteiger partial charge < -0.3 is 11.5 Å². The Labute approximate surface area is 111 Å². The van der Waals surface area contributed by atoms with E-state index in [1.54, 1.807) is 42.5 Å². The van der Waals surface area contributed by atoms with Crippen molar-refractivity contribution in [1.29, 1.82) is 0 Å². The number of hydrogen-bond acceptors (Lipinski definition) is 4. The Bertz CT molecular complexity index is 621. The number of anilines is 1. The lowest BCUT2D eigenvalue weighted by atomic mass is 9.97. The summed E-state index contributed by atoms with van der Waals surface area (Å²) in [5.41, 5.74) is 12.6. The molecule has 4 N–H and O–H groups in total. The molecule has 0 heterocycles. The number of rotatable bonds is 4. The Morgan fingerprint density at radius 1 is 0.895 bits per heavy atom. The van der Waals surface area contributed by atoms with Crippen molar-refractivity contribution in [2.75, 3.05) is 12.3 Å². The summed E-state index contributed by atoms with van der Waals surface area (Å²) in [7, 11) is 0. The van der Waals surface area contributed by atoms with Gasteiger partial charge in [-0.3, -0.25) is 9.59 Å². The van der Waals surface area contributed by atoms with Crippen molar-refractivity contribution in [2.24, 2.45) is 5.73 Å². The number of carbonyl (C=O) groups excluding carboxylic acids is 2. The van der Waals surface area contributed by atoms with Gasteiger partial charge in [0.05, 0.1) is 12.2 Å². The number of Topliss-reactive ketones (excluding diaryl/α,β-unsaturated/α-hetero) is 1. The van der Waals surface area contributed by atoms with Gasteiger partial charge in [0.15, 0.2) is 11.6 Å². The molecular formula is C15H14N2O2. The van der Waals surface area contributed by atoms with Crippen molar-refractivity contribution in [2.45, 2.75) is 0 Å². The fraction of sp³-hybridized carbons (Fsp3) is 0.0667. The van der Waals surface area contributed by atoms with E-state index in [2.05, 4.69) is 0 Å². The third-order valence-electron chi connectivity index (χ3n) is 2.87. The molecule has 0 aliphatic rings. The van der Waals surface area contributed by atoms with E-state index >= 15 is 0 Å². The van der Waals surface area contributed by atoms with Crippen LogP contribution in [0.4, 0.5) is 5.69 Å². The van der Waals surface area contributed by atoms with E-state index in [0.29, 0.717) is 16.7 Å². The molecule has 2 aromatic rings. The fourth-order valence-corrected chi connectivity index (χ4v) is 1.86. The van der Waals surface area contributed by atoms with Gasteiger partial charge in [-0.2, -0.15) is 0 Å². The zero-order valence-electron chi connectivity index (χ0n) is 10.3. The van der Waals surface area contributed by atoms with Gasteiger partial charge in [-0.1, -0.05) is 36.4 Å². The fourth-order valence-electron chi connectivity index (χ4n) is 1.86. The van der Waals surface area contributed by atoms with Crippen LogP contribution in [0.3, 0.4) is 0 Å². The molecule has 0 spiro atoms. The Hall–Kier alpha value is -2.46. The molecule has 0 saturated carbocycles. The molecule has 4 nitrogen and oxygen atoms in total. The van der Waals surface area contributed by atoms with Crippen molar-refractivity contribution >= 4 is 17.3 Å². The normalized spacial score (nSPS) is 10.2. The van der Waals surface area contributed by atoms with Crippen LogP contribution >= 0.6 is 0 Å². The molecule has 0 fully saturated rings. The summed E-state index contributed by atoms with van der Waals surface area (Å²) >= 11 is 0. The zero-order chi connectivity index (χ0) is 13.8. The van der Waals surface area contributed by atoms with Gasteiger partial charge in [0, 0.05) is 16.7 Å². The number of para-hydroxylation sites is 1. The maximum Gasteiger partial charge on any atom is 0.195 e. The first-order chi connectivity index (χ1) is 9.15. The summed E-state index contributed by atoms with van der Waals surface area (Å²) in [4.78, 5) is 23.9. The first-order valence-electron chi connectivity index (χ1n) is 5.86. The number of hydrogen-bond donors (Lipinski definition) is 2. The van der Waals surface area contributed by atoms with Crippen LogP contribution in [0.5, 0.6) is 0 Å². The molecule has 0 saturated heterocycles. The smallest absolute Gasteiger partial charge is 0.195 e. The topological polar surface area (TPSA) is 86.2 Å². The molecule has 0 aliphatic carbocycles. The molecule has 2 aromatic carbocycles. The Kier molecular flexibility index (Phi) is 3.73. The Morgan fingerprint density at radius 2 is 1.53 bits per heavy atom. The lowest BCUT2D eigenvalue weighted by Gasteiger charge is -2.09. The maximum absolute atomic E-state index is 12.3. The predicted octanol–water partition coefficient (Wildman–Crippen LogP) is 1.64. The number of nitrogens with two attached hydrogens (primary N) is 2. The van der Waals surface area contributed by atoms with Crippen LogP contribution in [-0.2, 0) is 0 Å². The first-order valence-corrected chi connectivity index (χ1v) is 5.86. The van der Waals surface area contributed by atoms with Crippen LogP contribution in [-0.4, -0.2) is 18.1 Å². The van der Waals surface area contributed by atoms with Crippen LogP contribution in [0.15, 0.2) is 48.5 Å². The van der Waals surface area contributed by atoms with E-state index < -0.39 is 0 Å². The molecule has 0 amide bonds. The SMILES string of the molecule is NCC(=O)c1cccc(C(=O)c2ccccc2)c1N. The van der Waals surface area contributed by atoms with Gasteiger partial charge in [-0.25, -0.2) is 0 Å². The van der Waals surface area contributed by atoms with Crippen molar-refractivity contribution in [1.82, 2.24) is 0 Å². The minimum atomic E-state index is -0.278. The third kappa shape index (κ3) is 2.53. The van der Waals surface area contributed by atoms with E-state index in [4.69, 9.17) is 11.5 Å². The van der Waals surface area contributed by atoms with E-state index in [1.807, 2.05) is 6.07 Å².